The first-order valence-electron chi connectivity index (χ1n) is 9.56. The molecule has 1 aromatic heterocycles. The quantitative estimate of drug-likeness (QED) is 0.225. The summed E-state index contributed by atoms with van der Waals surface area (Å²) in [5, 5.41) is 2.63. The van der Waals surface area contributed by atoms with Gasteiger partial charge in [0.1, 0.15) is 16.8 Å². The number of hydrogen-bond donors (Lipinski definition) is 1. The van der Waals surface area contributed by atoms with Crippen molar-refractivity contribution >= 4 is 22.7 Å². The summed E-state index contributed by atoms with van der Waals surface area (Å²) in [7, 11) is 0. The third kappa shape index (κ3) is 4.11. The summed E-state index contributed by atoms with van der Waals surface area (Å²) in [6, 6.07) is 12.8. The predicted octanol–water partition coefficient (Wildman–Crippen LogP) is 5.99. The van der Waals surface area contributed by atoms with Gasteiger partial charge >= 0.3 is 0 Å². The van der Waals surface area contributed by atoms with Crippen LogP contribution in [-0.4, -0.2) is 16.5 Å². The van der Waals surface area contributed by atoms with Crippen LogP contribution in [0, 0.1) is 29.1 Å². The Morgan fingerprint density at radius 3 is 2.15 bits per heavy atom. The van der Waals surface area contributed by atoms with Gasteiger partial charge in [0.25, 0.3) is 5.91 Å². The number of carbonyl (C=O) groups excluding carboxylic acids is 1. The molecular weight excluding hydrogens is 447 g/mol. The van der Waals surface area contributed by atoms with Crippen molar-refractivity contribution in [3.05, 3.63) is 77.6 Å². The number of amides is 1. The summed E-state index contributed by atoms with van der Waals surface area (Å²) in [6.07, 6.45) is 0. The molecule has 170 valence electrons. The van der Waals surface area contributed by atoms with E-state index in [-0.39, 0.29) is 16.8 Å². The Labute approximate surface area is 183 Å². The van der Waals surface area contributed by atoms with Gasteiger partial charge in [0.2, 0.25) is 11.7 Å². The van der Waals surface area contributed by atoms with E-state index in [4.69, 9.17) is 9.15 Å². The van der Waals surface area contributed by atoms with Crippen LogP contribution in [0.25, 0.3) is 22.6 Å². The fourth-order valence-corrected chi connectivity index (χ4v) is 3.02. The van der Waals surface area contributed by atoms with Gasteiger partial charge in [-0.05, 0) is 44.2 Å². The Kier molecular flexibility index (Phi) is 5.52. The molecule has 0 fully saturated rings. The van der Waals surface area contributed by atoms with Gasteiger partial charge in [-0.15, -0.1) is 0 Å². The third-order valence-electron chi connectivity index (χ3n) is 4.73. The van der Waals surface area contributed by atoms with E-state index in [9.17, 15) is 26.7 Å². The average Bonchev–Trinajstić information content (AvgIpc) is 3.19. The lowest BCUT2D eigenvalue weighted by Gasteiger charge is -2.25. The van der Waals surface area contributed by atoms with Crippen molar-refractivity contribution in [2.24, 2.45) is 0 Å². The number of rotatable bonds is 5. The highest BCUT2D eigenvalue weighted by Crippen LogP contribution is 2.33. The molecule has 5 nitrogen and oxygen atoms in total. The minimum atomic E-state index is -2.28. The Morgan fingerprint density at radius 1 is 0.909 bits per heavy atom. The molecule has 0 aliphatic heterocycles. The van der Waals surface area contributed by atoms with E-state index < -0.39 is 52.0 Å². The van der Waals surface area contributed by atoms with Crippen LogP contribution in [0.4, 0.5) is 27.6 Å². The van der Waals surface area contributed by atoms with Gasteiger partial charge in [-0.2, -0.15) is 0 Å². The second kappa shape index (κ2) is 8.19. The van der Waals surface area contributed by atoms with E-state index in [2.05, 4.69) is 10.3 Å². The molecule has 4 rings (SSSR count). The summed E-state index contributed by atoms with van der Waals surface area (Å²) in [6.45, 7) is 3.12. The molecule has 33 heavy (non-hydrogen) atoms. The van der Waals surface area contributed by atoms with Crippen LogP contribution in [-0.2, 0) is 4.79 Å². The predicted molar refractivity (Wildman–Crippen MR) is 109 cm³/mol. The number of halogens is 5. The normalized spacial score (nSPS) is 11.6. The van der Waals surface area contributed by atoms with Crippen molar-refractivity contribution in [2.45, 2.75) is 19.4 Å². The number of nitrogens with zero attached hydrogens (tertiary/aromatic N) is 1. The minimum absolute atomic E-state index is 0.00624. The first kappa shape index (κ1) is 22.3. The molecule has 0 bridgehead atoms. The molecule has 0 aliphatic carbocycles. The molecule has 1 N–H and O–H groups in total. The van der Waals surface area contributed by atoms with Gasteiger partial charge in [-0.1, -0.05) is 18.2 Å². The molecule has 0 aliphatic rings. The van der Waals surface area contributed by atoms with E-state index in [1.807, 2.05) is 0 Å². The van der Waals surface area contributed by atoms with Gasteiger partial charge in [0, 0.05) is 5.69 Å². The summed E-state index contributed by atoms with van der Waals surface area (Å²) in [5.74, 6) is -11.5. The smallest absolute Gasteiger partial charge is 0.267 e. The molecular formula is C23H15F5N2O3. The van der Waals surface area contributed by atoms with Crippen LogP contribution >= 0.6 is 0 Å². The van der Waals surface area contributed by atoms with Crippen molar-refractivity contribution < 1.29 is 35.9 Å². The Morgan fingerprint density at radius 2 is 1.52 bits per heavy atom. The SMILES string of the molecule is CC(C)(Oc1ccccc1)C(=O)Nc1ccc2oc(-c3c(F)c(F)c(F)c(F)c3F)nc2c1. The van der Waals surface area contributed by atoms with E-state index in [1.54, 1.807) is 44.2 Å². The molecule has 0 unspecified atom stereocenters. The second-order valence-corrected chi connectivity index (χ2v) is 7.53. The number of para-hydroxylation sites is 1. The van der Waals surface area contributed by atoms with Crippen LogP contribution in [0.1, 0.15) is 13.8 Å². The third-order valence-corrected chi connectivity index (χ3v) is 4.73. The monoisotopic (exact) mass is 462 g/mol. The molecule has 0 radical (unpaired) electrons. The molecule has 4 aromatic rings. The molecule has 0 saturated heterocycles. The first-order valence-corrected chi connectivity index (χ1v) is 9.56. The highest BCUT2D eigenvalue weighted by atomic mass is 19.2. The molecule has 1 amide bonds. The molecule has 0 atom stereocenters. The van der Waals surface area contributed by atoms with E-state index in [0.717, 1.165) is 0 Å². The zero-order chi connectivity index (χ0) is 23.9. The minimum Gasteiger partial charge on any atom is -0.478 e. The highest BCUT2D eigenvalue weighted by Gasteiger charge is 2.31. The zero-order valence-electron chi connectivity index (χ0n) is 17.2. The van der Waals surface area contributed by atoms with Gasteiger partial charge < -0.3 is 14.5 Å². The van der Waals surface area contributed by atoms with Crippen LogP contribution < -0.4 is 10.1 Å². The number of oxazole rings is 1. The Balaban J connectivity index is 1.62. The molecule has 3 aromatic carbocycles. The van der Waals surface area contributed by atoms with Crippen molar-refractivity contribution in [3.63, 3.8) is 0 Å². The fourth-order valence-electron chi connectivity index (χ4n) is 3.02. The van der Waals surface area contributed by atoms with Gasteiger partial charge in [0.05, 0.1) is 0 Å². The van der Waals surface area contributed by atoms with Crippen LogP contribution in [0.5, 0.6) is 5.75 Å². The highest BCUT2D eigenvalue weighted by molar-refractivity contribution is 5.98. The molecule has 0 spiro atoms. The molecule has 10 heteroatoms. The standard InChI is InChI=1S/C23H15F5N2O3/c1-23(2,33-12-6-4-3-5-7-12)22(31)29-11-8-9-14-13(10-11)30-21(32-14)15-16(24)18(26)20(28)19(27)17(15)25/h3-10H,1-2H3,(H,29,31). The van der Waals surface area contributed by atoms with Crippen molar-refractivity contribution in [1.82, 2.24) is 4.98 Å². The zero-order valence-corrected chi connectivity index (χ0v) is 17.2. The lowest BCUT2D eigenvalue weighted by Crippen LogP contribution is -2.42. The molecule has 0 saturated carbocycles. The van der Waals surface area contributed by atoms with E-state index in [0.29, 0.717) is 5.75 Å². The van der Waals surface area contributed by atoms with Crippen molar-refractivity contribution in [3.8, 4) is 17.2 Å². The maximum atomic E-state index is 14.1. The number of aromatic nitrogens is 1. The Bertz CT molecular complexity index is 1340. The van der Waals surface area contributed by atoms with Gasteiger partial charge in [-0.25, -0.2) is 26.9 Å². The van der Waals surface area contributed by atoms with Crippen LogP contribution in [0.15, 0.2) is 52.9 Å². The second-order valence-electron chi connectivity index (χ2n) is 7.53. The van der Waals surface area contributed by atoms with Crippen molar-refractivity contribution in [1.29, 1.82) is 0 Å². The van der Waals surface area contributed by atoms with Crippen LogP contribution in [0.3, 0.4) is 0 Å². The van der Waals surface area contributed by atoms with E-state index >= 15 is 0 Å². The van der Waals surface area contributed by atoms with Crippen molar-refractivity contribution in [2.75, 3.05) is 5.32 Å². The maximum absolute atomic E-state index is 14.1. The largest absolute Gasteiger partial charge is 0.478 e. The topological polar surface area (TPSA) is 64.4 Å². The number of carbonyl (C=O) groups is 1. The van der Waals surface area contributed by atoms with E-state index in [1.165, 1.54) is 18.2 Å². The van der Waals surface area contributed by atoms with Gasteiger partial charge in [-0.3, -0.25) is 4.79 Å². The average molecular weight is 462 g/mol. The number of benzene rings is 3. The summed E-state index contributed by atoms with van der Waals surface area (Å²) in [4.78, 5) is 16.5. The lowest BCUT2D eigenvalue weighted by molar-refractivity contribution is -0.128. The lowest BCUT2D eigenvalue weighted by atomic mass is 10.1. The molecule has 1 heterocycles. The first-order chi connectivity index (χ1) is 15.6. The number of ether oxygens (including phenoxy) is 1. The number of fused-ring (bicyclic) bond motifs is 1. The summed E-state index contributed by atoms with van der Waals surface area (Å²) >= 11 is 0. The fraction of sp³-hybridized carbons (Fsp3) is 0.130. The summed E-state index contributed by atoms with van der Waals surface area (Å²) < 4.78 is 79.4. The number of nitrogens with one attached hydrogen (secondary N) is 1. The van der Waals surface area contributed by atoms with Gasteiger partial charge in [0.15, 0.2) is 34.5 Å². The summed E-state index contributed by atoms with van der Waals surface area (Å²) in [5.41, 5.74) is -2.28. The maximum Gasteiger partial charge on any atom is 0.267 e. The number of anilines is 1. The number of hydrogen-bond acceptors (Lipinski definition) is 4. The Hall–Kier alpha value is -3.95. The van der Waals surface area contributed by atoms with Crippen LogP contribution in [0.2, 0.25) is 0 Å².